The van der Waals surface area contributed by atoms with Crippen molar-refractivity contribution in [1.29, 1.82) is 0 Å². The van der Waals surface area contributed by atoms with Gasteiger partial charge in [0.25, 0.3) is 5.91 Å². The van der Waals surface area contributed by atoms with Gasteiger partial charge in [-0.2, -0.15) is 0 Å². The second-order valence-electron chi connectivity index (χ2n) is 5.22. The number of rotatable bonds is 5. The van der Waals surface area contributed by atoms with E-state index in [4.69, 9.17) is 11.6 Å². The molecule has 0 aliphatic rings. The SMILES string of the molecule is O=C(CSc1n[nH]c(-c2ccccc2F)n1)NNC(=O)c1ccccc1Cl. The Hall–Kier alpha value is -2.91. The molecule has 3 rings (SSSR count). The number of aromatic nitrogens is 3. The molecule has 0 atom stereocenters. The van der Waals surface area contributed by atoms with E-state index in [9.17, 15) is 14.0 Å². The average molecular weight is 406 g/mol. The molecule has 10 heteroatoms. The second-order valence-corrected chi connectivity index (χ2v) is 6.57. The molecule has 2 amide bonds. The zero-order chi connectivity index (χ0) is 19.2. The number of hydrazine groups is 1. The standard InChI is InChI=1S/C17H13ClFN5O2S/c18-12-7-3-1-5-10(12)16(26)23-21-14(25)9-27-17-20-15(22-24-17)11-6-2-4-8-13(11)19/h1-8H,9H2,(H,21,25)(H,23,26)(H,20,22,24). The first kappa shape index (κ1) is 18.9. The smallest absolute Gasteiger partial charge is 0.271 e. The van der Waals surface area contributed by atoms with Crippen molar-refractivity contribution in [2.45, 2.75) is 5.16 Å². The van der Waals surface area contributed by atoms with Gasteiger partial charge in [-0.05, 0) is 24.3 Å². The number of aromatic amines is 1. The third-order valence-corrected chi connectivity index (χ3v) is 4.54. The Morgan fingerprint density at radius 3 is 2.63 bits per heavy atom. The monoisotopic (exact) mass is 405 g/mol. The lowest BCUT2D eigenvalue weighted by Gasteiger charge is -2.07. The summed E-state index contributed by atoms with van der Waals surface area (Å²) >= 11 is 6.95. The number of carbonyl (C=O) groups is 2. The fourth-order valence-corrected chi connectivity index (χ4v) is 2.91. The minimum atomic E-state index is -0.529. The number of nitrogens with one attached hydrogen (secondary N) is 3. The highest BCUT2D eigenvalue weighted by atomic mass is 35.5. The van der Waals surface area contributed by atoms with E-state index in [0.717, 1.165) is 11.8 Å². The molecule has 1 aromatic heterocycles. The van der Waals surface area contributed by atoms with E-state index in [1.54, 1.807) is 36.4 Å². The van der Waals surface area contributed by atoms with Gasteiger partial charge in [0.1, 0.15) is 5.82 Å². The lowest BCUT2D eigenvalue weighted by atomic mass is 10.2. The summed E-state index contributed by atoms with van der Waals surface area (Å²) in [6, 6.07) is 12.6. The van der Waals surface area contributed by atoms with Gasteiger partial charge in [0, 0.05) is 0 Å². The van der Waals surface area contributed by atoms with Gasteiger partial charge in [0.2, 0.25) is 11.1 Å². The van der Waals surface area contributed by atoms with Crippen LogP contribution in [0.4, 0.5) is 4.39 Å². The number of amides is 2. The fourth-order valence-electron chi connectivity index (χ4n) is 2.09. The first-order chi connectivity index (χ1) is 13.0. The van der Waals surface area contributed by atoms with Gasteiger partial charge in [-0.1, -0.05) is 47.6 Å². The van der Waals surface area contributed by atoms with E-state index in [1.165, 1.54) is 12.1 Å². The minimum absolute atomic E-state index is 0.0443. The van der Waals surface area contributed by atoms with Gasteiger partial charge in [-0.25, -0.2) is 9.37 Å². The Balaban J connectivity index is 1.51. The van der Waals surface area contributed by atoms with E-state index in [2.05, 4.69) is 26.0 Å². The van der Waals surface area contributed by atoms with Gasteiger partial charge in [0.15, 0.2) is 5.82 Å². The maximum absolute atomic E-state index is 13.7. The zero-order valence-corrected chi connectivity index (χ0v) is 15.3. The van der Waals surface area contributed by atoms with E-state index < -0.39 is 17.6 Å². The third kappa shape index (κ3) is 4.83. The minimum Gasteiger partial charge on any atom is -0.272 e. The molecule has 7 nitrogen and oxygen atoms in total. The van der Waals surface area contributed by atoms with Crippen LogP contribution in [0.2, 0.25) is 5.02 Å². The fraction of sp³-hybridized carbons (Fsp3) is 0.0588. The van der Waals surface area contributed by atoms with Crippen LogP contribution in [0.3, 0.4) is 0 Å². The Labute approximate surface area is 162 Å². The molecule has 138 valence electrons. The molecular weight excluding hydrogens is 393 g/mol. The number of thioether (sulfide) groups is 1. The largest absolute Gasteiger partial charge is 0.272 e. The first-order valence-corrected chi connectivity index (χ1v) is 9.05. The normalized spacial score (nSPS) is 10.4. The molecular formula is C17H13ClFN5O2S. The summed E-state index contributed by atoms with van der Waals surface area (Å²) in [5.41, 5.74) is 5.09. The lowest BCUT2D eigenvalue weighted by Crippen LogP contribution is -2.42. The highest BCUT2D eigenvalue weighted by Gasteiger charge is 2.13. The van der Waals surface area contributed by atoms with Gasteiger partial charge in [0.05, 0.1) is 21.9 Å². The molecule has 3 aromatic rings. The molecule has 0 saturated heterocycles. The molecule has 0 radical (unpaired) electrons. The van der Waals surface area contributed by atoms with E-state index >= 15 is 0 Å². The van der Waals surface area contributed by atoms with Crippen LogP contribution in [0.5, 0.6) is 0 Å². The lowest BCUT2D eigenvalue weighted by molar-refractivity contribution is -0.119. The molecule has 0 fully saturated rings. The van der Waals surface area contributed by atoms with Crippen LogP contribution < -0.4 is 10.9 Å². The quantitative estimate of drug-likeness (QED) is 0.447. The van der Waals surface area contributed by atoms with Crippen LogP contribution >= 0.6 is 23.4 Å². The van der Waals surface area contributed by atoms with Gasteiger partial charge in [-0.3, -0.25) is 25.5 Å². The number of carbonyl (C=O) groups excluding carboxylic acids is 2. The molecule has 2 aromatic carbocycles. The topological polar surface area (TPSA) is 99.8 Å². The molecule has 27 heavy (non-hydrogen) atoms. The number of H-pyrrole nitrogens is 1. The first-order valence-electron chi connectivity index (χ1n) is 7.68. The van der Waals surface area contributed by atoms with E-state index in [0.29, 0.717) is 0 Å². The van der Waals surface area contributed by atoms with Crippen LogP contribution in [0.1, 0.15) is 10.4 Å². The van der Waals surface area contributed by atoms with Crippen molar-refractivity contribution in [1.82, 2.24) is 26.0 Å². The Bertz CT molecular complexity index is 981. The maximum atomic E-state index is 13.7. The number of hydrogen-bond acceptors (Lipinski definition) is 5. The Morgan fingerprint density at radius 1 is 1.11 bits per heavy atom. The molecule has 0 bridgehead atoms. The van der Waals surface area contributed by atoms with Gasteiger partial charge >= 0.3 is 0 Å². The van der Waals surface area contributed by atoms with Crippen molar-refractivity contribution in [3.8, 4) is 11.4 Å². The number of halogens is 2. The molecule has 1 heterocycles. The average Bonchev–Trinajstić information content (AvgIpc) is 3.14. The third-order valence-electron chi connectivity index (χ3n) is 3.36. The summed E-state index contributed by atoms with van der Waals surface area (Å²) < 4.78 is 13.7. The van der Waals surface area contributed by atoms with Crippen molar-refractivity contribution in [2.75, 3.05) is 5.75 Å². The second kappa shape index (κ2) is 8.65. The summed E-state index contributed by atoms with van der Waals surface area (Å²) in [4.78, 5) is 28.0. The van der Waals surface area contributed by atoms with Gasteiger partial charge < -0.3 is 0 Å². The van der Waals surface area contributed by atoms with Crippen molar-refractivity contribution in [3.63, 3.8) is 0 Å². The zero-order valence-electron chi connectivity index (χ0n) is 13.7. The molecule has 3 N–H and O–H groups in total. The van der Waals surface area contributed by atoms with Crippen molar-refractivity contribution >= 4 is 35.2 Å². The number of nitrogens with zero attached hydrogens (tertiary/aromatic N) is 2. The summed E-state index contributed by atoms with van der Waals surface area (Å²) in [7, 11) is 0. The van der Waals surface area contributed by atoms with Crippen LogP contribution in [0.25, 0.3) is 11.4 Å². The molecule has 0 saturated carbocycles. The summed E-state index contributed by atoms with van der Waals surface area (Å²) in [6.07, 6.45) is 0. The predicted molar refractivity (Wildman–Crippen MR) is 99.6 cm³/mol. The van der Waals surface area contributed by atoms with Crippen molar-refractivity contribution in [3.05, 3.63) is 64.9 Å². The highest BCUT2D eigenvalue weighted by Crippen LogP contribution is 2.21. The molecule has 0 aliphatic carbocycles. The van der Waals surface area contributed by atoms with Crippen LogP contribution in [-0.2, 0) is 4.79 Å². The van der Waals surface area contributed by atoms with Crippen LogP contribution in [-0.4, -0.2) is 32.7 Å². The number of hydrogen-bond donors (Lipinski definition) is 3. The molecule has 0 unspecified atom stereocenters. The summed E-state index contributed by atoms with van der Waals surface area (Å²) in [5, 5.41) is 7.12. The van der Waals surface area contributed by atoms with Crippen LogP contribution in [0, 0.1) is 5.82 Å². The maximum Gasteiger partial charge on any atom is 0.271 e. The molecule has 0 aliphatic heterocycles. The Morgan fingerprint density at radius 2 is 1.85 bits per heavy atom. The highest BCUT2D eigenvalue weighted by molar-refractivity contribution is 7.99. The Kier molecular flexibility index (Phi) is 6.05. The summed E-state index contributed by atoms with van der Waals surface area (Å²) in [5.74, 6) is -1.19. The van der Waals surface area contributed by atoms with E-state index in [-0.39, 0.29) is 32.9 Å². The van der Waals surface area contributed by atoms with Crippen molar-refractivity contribution < 1.29 is 14.0 Å². The van der Waals surface area contributed by atoms with Crippen molar-refractivity contribution in [2.24, 2.45) is 0 Å². The predicted octanol–water partition coefficient (Wildman–Crippen LogP) is 2.82. The van der Waals surface area contributed by atoms with E-state index in [1.807, 2.05) is 0 Å². The number of benzene rings is 2. The van der Waals surface area contributed by atoms with Crippen LogP contribution in [0.15, 0.2) is 53.7 Å². The molecule has 0 spiro atoms. The van der Waals surface area contributed by atoms with Gasteiger partial charge in [-0.15, -0.1) is 5.10 Å². The summed E-state index contributed by atoms with van der Waals surface area (Å²) in [6.45, 7) is 0.